The zero-order chi connectivity index (χ0) is 15.1. The van der Waals surface area contributed by atoms with Crippen LogP contribution in [0, 0.1) is 0 Å². The molecular formula is C16H24BrNO3. The molecule has 5 heteroatoms. The lowest BCUT2D eigenvalue weighted by Gasteiger charge is -2.32. The summed E-state index contributed by atoms with van der Waals surface area (Å²) < 4.78 is 6.56. The highest BCUT2D eigenvalue weighted by molar-refractivity contribution is 9.10. The molecule has 2 rings (SSSR count). The number of piperidine rings is 1. The Labute approximate surface area is 134 Å². The predicted octanol–water partition coefficient (Wildman–Crippen LogP) is 2.35. The van der Waals surface area contributed by atoms with E-state index in [-0.39, 0.29) is 12.7 Å². The van der Waals surface area contributed by atoms with Crippen LogP contribution < -0.4 is 0 Å². The van der Waals surface area contributed by atoms with Gasteiger partial charge >= 0.3 is 0 Å². The molecule has 1 atom stereocenters. The van der Waals surface area contributed by atoms with Crippen molar-refractivity contribution >= 4 is 15.9 Å². The molecule has 0 radical (unpaired) electrons. The molecule has 0 spiro atoms. The van der Waals surface area contributed by atoms with Gasteiger partial charge in [0, 0.05) is 24.1 Å². The first kappa shape index (κ1) is 16.9. The summed E-state index contributed by atoms with van der Waals surface area (Å²) in [5.74, 6) is 0. The third kappa shape index (κ3) is 5.68. The lowest BCUT2D eigenvalue weighted by atomic mass is 10.0. The number of aliphatic hydroxyl groups is 2. The first-order chi connectivity index (χ1) is 10.2. The van der Waals surface area contributed by atoms with E-state index in [1.165, 1.54) is 0 Å². The van der Waals surface area contributed by atoms with E-state index in [1.807, 2.05) is 24.3 Å². The zero-order valence-corrected chi connectivity index (χ0v) is 13.8. The van der Waals surface area contributed by atoms with Gasteiger partial charge in [0.2, 0.25) is 0 Å². The Morgan fingerprint density at radius 3 is 2.76 bits per heavy atom. The number of nitrogens with zero attached hydrogens (tertiary/aromatic N) is 1. The average molecular weight is 358 g/mol. The van der Waals surface area contributed by atoms with Crippen LogP contribution >= 0.6 is 15.9 Å². The van der Waals surface area contributed by atoms with Crippen LogP contribution in [0.5, 0.6) is 0 Å². The Morgan fingerprint density at radius 2 is 2.10 bits per heavy atom. The maximum absolute atomic E-state index is 10.2. The summed E-state index contributed by atoms with van der Waals surface area (Å²) in [6, 6.07) is 7.85. The SMILES string of the molecule is OCCOC1CCN(CCC(O)c2cccc(Br)c2)CC1. The molecule has 1 unspecified atom stereocenters. The van der Waals surface area contributed by atoms with Crippen molar-refractivity contribution in [3.8, 4) is 0 Å². The maximum atomic E-state index is 10.2. The van der Waals surface area contributed by atoms with Gasteiger partial charge < -0.3 is 19.8 Å². The number of hydrogen-bond donors (Lipinski definition) is 2. The van der Waals surface area contributed by atoms with Crippen LogP contribution in [-0.2, 0) is 4.74 Å². The first-order valence-corrected chi connectivity index (χ1v) is 8.36. The molecule has 118 valence electrons. The van der Waals surface area contributed by atoms with E-state index < -0.39 is 6.10 Å². The van der Waals surface area contributed by atoms with Crippen molar-refractivity contribution in [2.45, 2.75) is 31.5 Å². The fraction of sp³-hybridized carbons (Fsp3) is 0.625. The van der Waals surface area contributed by atoms with E-state index >= 15 is 0 Å². The van der Waals surface area contributed by atoms with Crippen molar-refractivity contribution < 1.29 is 14.9 Å². The minimum atomic E-state index is -0.411. The average Bonchev–Trinajstić information content (AvgIpc) is 2.51. The van der Waals surface area contributed by atoms with Gasteiger partial charge in [0.25, 0.3) is 0 Å². The highest BCUT2D eigenvalue weighted by Crippen LogP contribution is 2.22. The van der Waals surface area contributed by atoms with Crippen molar-refractivity contribution in [1.29, 1.82) is 0 Å². The van der Waals surface area contributed by atoms with Gasteiger partial charge in [0.15, 0.2) is 0 Å². The Balaban J connectivity index is 1.69. The van der Waals surface area contributed by atoms with Crippen LogP contribution in [0.4, 0.5) is 0 Å². The fourth-order valence-corrected chi connectivity index (χ4v) is 3.12. The number of aliphatic hydroxyl groups excluding tert-OH is 2. The molecule has 0 saturated carbocycles. The van der Waals surface area contributed by atoms with Gasteiger partial charge in [-0.1, -0.05) is 28.1 Å². The summed E-state index contributed by atoms with van der Waals surface area (Å²) in [6.45, 7) is 3.44. The number of ether oxygens (including phenoxy) is 1. The number of hydrogen-bond acceptors (Lipinski definition) is 4. The van der Waals surface area contributed by atoms with Gasteiger partial charge in [0.1, 0.15) is 0 Å². The lowest BCUT2D eigenvalue weighted by molar-refractivity contribution is -0.00958. The molecule has 0 aromatic heterocycles. The summed E-state index contributed by atoms with van der Waals surface area (Å²) in [5.41, 5.74) is 0.963. The van der Waals surface area contributed by atoms with Crippen molar-refractivity contribution in [3.05, 3.63) is 34.3 Å². The Hall–Kier alpha value is -0.460. The molecule has 0 aliphatic carbocycles. The molecule has 1 aromatic rings. The molecule has 21 heavy (non-hydrogen) atoms. The second-order valence-electron chi connectivity index (χ2n) is 5.49. The summed E-state index contributed by atoms with van der Waals surface area (Å²) in [6.07, 6.45) is 2.63. The van der Waals surface area contributed by atoms with Gasteiger partial charge in [-0.25, -0.2) is 0 Å². The normalized spacial score (nSPS) is 18.8. The molecule has 4 nitrogen and oxygen atoms in total. The maximum Gasteiger partial charge on any atom is 0.0802 e. The lowest BCUT2D eigenvalue weighted by Crippen LogP contribution is -2.38. The van der Waals surface area contributed by atoms with Crippen molar-refractivity contribution in [3.63, 3.8) is 0 Å². The summed E-state index contributed by atoms with van der Waals surface area (Å²) in [5, 5.41) is 19.0. The highest BCUT2D eigenvalue weighted by Gasteiger charge is 2.20. The molecule has 1 aromatic carbocycles. The topological polar surface area (TPSA) is 52.9 Å². The number of likely N-dealkylation sites (tertiary alicyclic amines) is 1. The number of halogens is 1. The van der Waals surface area contributed by atoms with Crippen LogP contribution in [0.3, 0.4) is 0 Å². The third-order valence-corrected chi connectivity index (χ3v) is 4.42. The van der Waals surface area contributed by atoms with Crippen LogP contribution in [0.25, 0.3) is 0 Å². The highest BCUT2D eigenvalue weighted by atomic mass is 79.9. The Morgan fingerprint density at radius 1 is 1.33 bits per heavy atom. The summed E-state index contributed by atoms with van der Waals surface area (Å²) >= 11 is 3.43. The van der Waals surface area contributed by atoms with Gasteiger partial charge in [-0.3, -0.25) is 0 Å². The number of rotatable bonds is 7. The van der Waals surface area contributed by atoms with Gasteiger partial charge in [-0.2, -0.15) is 0 Å². The van der Waals surface area contributed by atoms with E-state index in [2.05, 4.69) is 20.8 Å². The predicted molar refractivity (Wildman–Crippen MR) is 86.2 cm³/mol. The van der Waals surface area contributed by atoms with E-state index in [9.17, 15) is 5.11 Å². The van der Waals surface area contributed by atoms with Crippen molar-refractivity contribution in [2.75, 3.05) is 32.8 Å². The van der Waals surface area contributed by atoms with Gasteiger partial charge in [0.05, 0.1) is 25.4 Å². The largest absolute Gasteiger partial charge is 0.394 e. The van der Waals surface area contributed by atoms with Crippen LogP contribution in [0.1, 0.15) is 30.9 Å². The third-order valence-electron chi connectivity index (χ3n) is 3.93. The molecule has 0 amide bonds. The van der Waals surface area contributed by atoms with E-state index in [0.717, 1.165) is 48.9 Å². The molecule has 1 aliphatic rings. The van der Waals surface area contributed by atoms with Gasteiger partial charge in [-0.05, 0) is 37.0 Å². The first-order valence-electron chi connectivity index (χ1n) is 7.57. The summed E-state index contributed by atoms with van der Waals surface area (Å²) in [4.78, 5) is 2.38. The number of benzene rings is 1. The molecule has 1 heterocycles. The van der Waals surface area contributed by atoms with Crippen molar-refractivity contribution in [2.24, 2.45) is 0 Å². The minimum Gasteiger partial charge on any atom is -0.394 e. The molecule has 1 fully saturated rings. The molecule has 1 saturated heterocycles. The van der Waals surface area contributed by atoms with E-state index in [1.54, 1.807) is 0 Å². The molecule has 1 aliphatic heterocycles. The van der Waals surface area contributed by atoms with Gasteiger partial charge in [-0.15, -0.1) is 0 Å². The van der Waals surface area contributed by atoms with Crippen LogP contribution in [-0.4, -0.2) is 54.1 Å². The smallest absolute Gasteiger partial charge is 0.0802 e. The Bertz CT molecular complexity index is 422. The molecule has 0 bridgehead atoms. The Kier molecular flexibility index (Phi) is 7.13. The molecular weight excluding hydrogens is 334 g/mol. The zero-order valence-electron chi connectivity index (χ0n) is 12.2. The second-order valence-corrected chi connectivity index (χ2v) is 6.41. The quantitative estimate of drug-likeness (QED) is 0.786. The molecule has 2 N–H and O–H groups in total. The fourth-order valence-electron chi connectivity index (χ4n) is 2.70. The minimum absolute atomic E-state index is 0.0963. The van der Waals surface area contributed by atoms with E-state index in [4.69, 9.17) is 9.84 Å². The monoisotopic (exact) mass is 357 g/mol. The van der Waals surface area contributed by atoms with Crippen molar-refractivity contribution in [1.82, 2.24) is 4.90 Å². The summed E-state index contributed by atoms with van der Waals surface area (Å²) in [7, 11) is 0. The van der Waals surface area contributed by atoms with Crippen LogP contribution in [0.2, 0.25) is 0 Å². The standard InChI is InChI=1S/C16H24BrNO3/c17-14-3-1-2-13(12-14)16(20)6-9-18-7-4-15(5-8-18)21-11-10-19/h1-3,12,15-16,19-20H,4-11H2. The van der Waals surface area contributed by atoms with Crippen LogP contribution in [0.15, 0.2) is 28.7 Å². The second kappa shape index (κ2) is 8.86. The van der Waals surface area contributed by atoms with E-state index in [0.29, 0.717) is 6.61 Å².